The van der Waals surface area contributed by atoms with E-state index < -0.39 is 0 Å². The van der Waals surface area contributed by atoms with Gasteiger partial charge in [-0.1, -0.05) is 0 Å². The van der Waals surface area contributed by atoms with E-state index in [1.54, 1.807) is 11.3 Å². The SMILES string of the molecule is Cc1nc(NC(=O)NC2CCN(c3nccs3)CC2)sc1C. The smallest absolute Gasteiger partial charge is 0.321 e. The first kappa shape index (κ1) is 15.2. The normalized spacial score (nSPS) is 15.8. The van der Waals surface area contributed by atoms with E-state index in [0.717, 1.165) is 41.6 Å². The summed E-state index contributed by atoms with van der Waals surface area (Å²) >= 11 is 3.16. The highest BCUT2D eigenvalue weighted by Gasteiger charge is 2.22. The lowest BCUT2D eigenvalue weighted by Crippen LogP contribution is -2.46. The lowest BCUT2D eigenvalue weighted by molar-refractivity contribution is 0.246. The minimum Gasteiger partial charge on any atom is -0.348 e. The molecule has 2 N–H and O–H groups in total. The molecule has 2 aromatic rings. The number of urea groups is 1. The van der Waals surface area contributed by atoms with Gasteiger partial charge in [0.15, 0.2) is 10.3 Å². The van der Waals surface area contributed by atoms with Crippen molar-refractivity contribution in [2.45, 2.75) is 32.7 Å². The van der Waals surface area contributed by atoms with Crippen LogP contribution in [0.2, 0.25) is 0 Å². The van der Waals surface area contributed by atoms with Crippen LogP contribution in [0.15, 0.2) is 11.6 Å². The summed E-state index contributed by atoms with van der Waals surface area (Å²) in [6.07, 6.45) is 3.70. The van der Waals surface area contributed by atoms with Crippen molar-refractivity contribution in [3.63, 3.8) is 0 Å². The van der Waals surface area contributed by atoms with Gasteiger partial charge in [0.2, 0.25) is 0 Å². The standard InChI is InChI=1S/C14H19N5OS2/c1-9-10(2)22-13(16-9)18-12(20)17-11-3-6-19(7-4-11)14-15-5-8-21-14/h5,8,11H,3-4,6-7H2,1-2H3,(H2,16,17,18,20). The van der Waals surface area contributed by atoms with Crippen LogP contribution in [0.4, 0.5) is 15.1 Å². The number of amides is 2. The molecule has 0 unspecified atom stereocenters. The molecule has 22 heavy (non-hydrogen) atoms. The Labute approximate surface area is 137 Å². The number of anilines is 2. The fourth-order valence-corrected chi connectivity index (χ4v) is 3.94. The highest BCUT2D eigenvalue weighted by molar-refractivity contribution is 7.15. The van der Waals surface area contributed by atoms with Crippen molar-refractivity contribution in [3.8, 4) is 0 Å². The van der Waals surface area contributed by atoms with E-state index in [4.69, 9.17) is 0 Å². The van der Waals surface area contributed by atoms with Gasteiger partial charge in [-0.25, -0.2) is 14.8 Å². The molecular weight excluding hydrogens is 318 g/mol. The highest BCUT2D eigenvalue weighted by atomic mass is 32.1. The maximum absolute atomic E-state index is 12.0. The minimum atomic E-state index is -0.165. The number of nitrogens with one attached hydrogen (secondary N) is 2. The first-order valence-electron chi connectivity index (χ1n) is 7.28. The molecule has 0 aromatic carbocycles. The van der Waals surface area contributed by atoms with Gasteiger partial charge in [0.1, 0.15) is 0 Å². The number of aromatic nitrogens is 2. The first-order chi connectivity index (χ1) is 10.6. The molecule has 1 saturated heterocycles. The predicted molar refractivity (Wildman–Crippen MR) is 91.1 cm³/mol. The van der Waals surface area contributed by atoms with Gasteiger partial charge in [0.25, 0.3) is 0 Å². The van der Waals surface area contributed by atoms with Crippen LogP contribution in [0.5, 0.6) is 0 Å². The summed E-state index contributed by atoms with van der Waals surface area (Å²) in [5.74, 6) is 0. The molecule has 0 saturated carbocycles. The summed E-state index contributed by atoms with van der Waals surface area (Å²) in [5.41, 5.74) is 0.969. The topological polar surface area (TPSA) is 70.2 Å². The van der Waals surface area contributed by atoms with Crippen LogP contribution in [0, 0.1) is 13.8 Å². The van der Waals surface area contributed by atoms with Crippen LogP contribution < -0.4 is 15.5 Å². The molecule has 3 rings (SSSR count). The number of aryl methyl sites for hydroxylation is 2. The van der Waals surface area contributed by atoms with Gasteiger partial charge >= 0.3 is 6.03 Å². The molecule has 0 atom stereocenters. The molecule has 1 aliphatic heterocycles. The maximum Gasteiger partial charge on any atom is 0.321 e. The summed E-state index contributed by atoms with van der Waals surface area (Å²) in [4.78, 5) is 24.1. The van der Waals surface area contributed by atoms with Gasteiger partial charge < -0.3 is 10.2 Å². The zero-order valence-electron chi connectivity index (χ0n) is 12.6. The number of nitrogens with zero attached hydrogens (tertiary/aromatic N) is 3. The Kier molecular flexibility index (Phi) is 4.58. The quantitative estimate of drug-likeness (QED) is 0.903. The van der Waals surface area contributed by atoms with Crippen molar-refractivity contribution in [2.24, 2.45) is 0 Å². The number of rotatable bonds is 3. The van der Waals surface area contributed by atoms with E-state index in [-0.39, 0.29) is 12.1 Å². The average molecular weight is 337 g/mol. The zero-order chi connectivity index (χ0) is 15.5. The summed E-state index contributed by atoms with van der Waals surface area (Å²) < 4.78 is 0. The van der Waals surface area contributed by atoms with Crippen LogP contribution in [-0.4, -0.2) is 35.1 Å². The number of carbonyl (C=O) groups excluding carboxylic acids is 1. The van der Waals surface area contributed by atoms with Crippen LogP contribution in [0.25, 0.3) is 0 Å². The van der Waals surface area contributed by atoms with Crippen LogP contribution in [0.1, 0.15) is 23.4 Å². The summed E-state index contributed by atoms with van der Waals surface area (Å²) in [5, 5.41) is 9.58. The van der Waals surface area contributed by atoms with Gasteiger partial charge in [0, 0.05) is 35.6 Å². The Balaban J connectivity index is 1.47. The van der Waals surface area contributed by atoms with E-state index in [2.05, 4.69) is 25.5 Å². The Morgan fingerprint density at radius 2 is 2.14 bits per heavy atom. The van der Waals surface area contributed by atoms with Crippen LogP contribution in [0.3, 0.4) is 0 Å². The molecular formula is C14H19N5OS2. The second-order valence-electron chi connectivity index (χ2n) is 5.34. The third-order valence-electron chi connectivity index (χ3n) is 3.77. The Morgan fingerprint density at radius 1 is 1.36 bits per heavy atom. The molecule has 0 radical (unpaired) electrons. The highest BCUT2D eigenvalue weighted by Crippen LogP contribution is 2.23. The molecule has 2 aromatic heterocycles. The van der Waals surface area contributed by atoms with E-state index in [1.165, 1.54) is 11.3 Å². The number of hydrogen-bond donors (Lipinski definition) is 2. The van der Waals surface area contributed by atoms with Gasteiger partial charge in [-0.05, 0) is 26.7 Å². The molecule has 1 fully saturated rings. The van der Waals surface area contributed by atoms with Crippen molar-refractivity contribution in [3.05, 3.63) is 22.1 Å². The Morgan fingerprint density at radius 3 is 2.73 bits per heavy atom. The van der Waals surface area contributed by atoms with Crippen molar-refractivity contribution in [1.82, 2.24) is 15.3 Å². The van der Waals surface area contributed by atoms with Crippen molar-refractivity contribution < 1.29 is 4.79 Å². The second-order valence-corrected chi connectivity index (χ2v) is 7.41. The van der Waals surface area contributed by atoms with E-state index in [9.17, 15) is 4.79 Å². The number of carbonyl (C=O) groups is 1. The number of piperidine rings is 1. The minimum absolute atomic E-state index is 0.165. The zero-order valence-corrected chi connectivity index (χ0v) is 14.3. The average Bonchev–Trinajstić information content (AvgIpc) is 3.11. The van der Waals surface area contributed by atoms with Crippen molar-refractivity contribution in [2.75, 3.05) is 23.3 Å². The fourth-order valence-electron chi connectivity index (χ4n) is 2.43. The van der Waals surface area contributed by atoms with Crippen molar-refractivity contribution in [1.29, 1.82) is 0 Å². The Bertz CT molecular complexity index is 612. The van der Waals surface area contributed by atoms with E-state index in [0.29, 0.717) is 5.13 Å². The van der Waals surface area contributed by atoms with Crippen LogP contribution in [-0.2, 0) is 0 Å². The molecule has 1 aliphatic rings. The molecule has 0 bridgehead atoms. The first-order valence-corrected chi connectivity index (χ1v) is 8.97. The fraction of sp³-hybridized carbons (Fsp3) is 0.500. The van der Waals surface area contributed by atoms with Gasteiger partial charge in [-0.3, -0.25) is 5.32 Å². The van der Waals surface area contributed by atoms with Crippen LogP contribution >= 0.6 is 22.7 Å². The summed E-state index contributed by atoms with van der Waals surface area (Å²) in [6, 6.07) is 0.0415. The molecule has 2 amide bonds. The molecule has 3 heterocycles. The largest absolute Gasteiger partial charge is 0.348 e. The van der Waals surface area contributed by atoms with Crippen molar-refractivity contribution >= 4 is 39.0 Å². The second kappa shape index (κ2) is 6.62. The third-order valence-corrected chi connectivity index (χ3v) is 5.59. The lowest BCUT2D eigenvalue weighted by atomic mass is 10.1. The maximum atomic E-state index is 12.0. The van der Waals surface area contributed by atoms with Gasteiger partial charge in [-0.15, -0.1) is 22.7 Å². The lowest BCUT2D eigenvalue weighted by Gasteiger charge is -2.32. The molecule has 6 nitrogen and oxygen atoms in total. The Hall–Kier alpha value is -1.67. The molecule has 0 spiro atoms. The molecule has 8 heteroatoms. The molecule has 0 aliphatic carbocycles. The van der Waals surface area contributed by atoms with Gasteiger partial charge in [-0.2, -0.15) is 0 Å². The van der Waals surface area contributed by atoms with E-state index in [1.807, 2.05) is 25.4 Å². The van der Waals surface area contributed by atoms with E-state index >= 15 is 0 Å². The molecule has 118 valence electrons. The number of hydrogen-bond acceptors (Lipinski definition) is 6. The monoisotopic (exact) mass is 337 g/mol. The third kappa shape index (κ3) is 3.56. The summed E-state index contributed by atoms with van der Waals surface area (Å²) in [6.45, 7) is 5.80. The number of thiazole rings is 2. The van der Waals surface area contributed by atoms with Gasteiger partial charge in [0.05, 0.1) is 5.69 Å². The summed E-state index contributed by atoms with van der Waals surface area (Å²) in [7, 11) is 0. The predicted octanol–water partition coefficient (Wildman–Crippen LogP) is 3.01.